The number of carbonyl (C=O) groups excluding carboxylic acids is 1. The van der Waals surface area contributed by atoms with E-state index in [4.69, 9.17) is 4.42 Å². The first kappa shape index (κ1) is 11.5. The number of carbonyl (C=O) groups is 1. The summed E-state index contributed by atoms with van der Waals surface area (Å²) in [4.78, 5) is 11.4. The average Bonchev–Trinajstić information content (AvgIpc) is 2.84. The fourth-order valence-electron chi connectivity index (χ4n) is 1.18. The number of hydrogen-bond acceptors (Lipinski definition) is 5. The number of nitrogens with one attached hydrogen (secondary N) is 1. The summed E-state index contributed by atoms with van der Waals surface area (Å²) in [5.74, 6) is 0.442. The van der Waals surface area contributed by atoms with Gasteiger partial charge in [0.25, 0.3) is 0 Å². The van der Waals surface area contributed by atoms with Crippen LogP contribution in [0.4, 0.5) is 5.13 Å². The lowest BCUT2D eigenvalue weighted by Crippen LogP contribution is -2.07. The molecule has 6 heteroatoms. The largest absolute Gasteiger partial charge is 0.462 e. The molecule has 5 nitrogen and oxygen atoms in total. The highest BCUT2D eigenvalue weighted by atomic mass is 32.1. The van der Waals surface area contributed by atoms with Crippen molar-refractivity contribution in [3.05, 3.63) is 30.0 Å². The molecule has 0 spiro atoms. The Balaban J connectivity index is 2.09. The van der Waals surface area contributed by atoms with Crippen molar-refractivity contribution in [2.24, 2.45) is 0 Å². The number of anilines is 1. The van der Waals surface area contributed by atoms with Crippen LogP contribution in [0.15, 0.2) is 34.5 Å². The molecule has 2 heterocycles. The molecule has 0 saturated carbocycles. The van der Waals surface area contributed by atoms with Gasteiger partial charge in [0.15, 0.2) is 10.8 Å². The van der Waals surface area contributed by atoms with Crippen molar-refractivity contribution in [1.29, 1.82) is 0 Å². The summed E-state index contributed by atoms with van der Waals surface area (Å²) in [7, 11) is 0. The molecule has 17 heavy (non-hydrogen) atoms. The van der Waals surface area contributed by atoms with Gasteiger partial charge >= 0.3 is 0 Å². The standard InChI is InChI=1S/C11H11N3O2S/c1-7(2)6-9(15)12-11-14-13-10(17-11)8-4-3-5-16-8/h3-6H,1-2H3,(H,12,14,15). The topological polar surface area (TPSA) is 68.0 Å². The van der Waals surface area contributed by atoms with Gasteiger partial charge in [-0.2, -0.15) is 0 Å². The van der Waals surface area contributed by atoms with E-state index in [1.165, 1.54) is 17.4 Å². The van der Waals surface area contributed by atoms with Crippen molar-refractivity contribution < 1.29 is 9.21 Å². The van der Waals surface area contributed by atoms with E-state index in [1.54, 1.807) is 18.4 Å². The van der Waals surface area contributed by atoms with Crippen molar-refractivity contribution in [3.8, 4) is 10.8 Å². The Kier molecular flexibility index (Phi) is 3.34. The van der Waals surface area contributed by atoms with Gasteiger partial charge in [0.2, 0.25) is 11.0 Å². The molecule has 0 fully saturated rings. The molecule has 1 N–H and O–H groups in total. The van der Waals surface area contributed by atoms with Crippen LogP contribution in [0, 0.1) is 0 Å². The highest BCUT2D eigenvalue weighted by Crippen LogP contribution is 2.26. The zero-order chi connectivity index (χ0) is 12.3. The summed E-state index contributed by atoms with van der Waals surface area (Å²) in [5.41, 5.74) is 0.929. The number of allylic oxidation sites excluding steroid dienone is 1. The Hall–Kier alpha value is -1.95. The average molecular weight is 249 g/mol. The van der Waals surface area contributed by atoms with Gasteiger partial charge in [-0.15, -0.1) is 10.2 Å². The SMILES string of the molecule is CC(C)=CC(=O)Nc1nnc(-c2ccco2)s1. The molecular weight excluding hydrogens is 238 g/mol. The molecule has 2 aromatic heterocycles. The highest BCUT2D eigenvalue weighted by Gasteiger charge is 2.09. The summed E-state index contributed by atoms with van der Waals surface area (Å²) in [5, 5.41) is 11.5. The van der Waals surface area contributed by atoms with Gasteiger partial charge in [-0.05, 0) is 26.0 Å². The smallest absolute Gasteiger partial charge is 0.250 e. The maximum absolute atomic E-state index is 11.4. The third-order valence-corrected chi connectivity index (χ3v) is 2.66. The Bertz CT molecular complexity index is 539. The van der Waals surface area contributed by atoms with E-state index in [-0.39, 0.29) is 5.91 Å². The highest BCUT2D eigenvalue weighted by molar-refractivity contribution is 7.18. The molecule has 2 rings (SSSR count). The molecule has 0 saturated heterocycles. The number of nitrogens with zero attached hydrogens (tertiary/aromatic N) is 2. The van der Waals surface area contributed by atoms with E-state index < -0.39 is 0 Å². The van der Waals surface area contributed by atoms with Crippen LogP contribution in [0.5, 0.6) is 0 Å². The maximum atomic E-state index is 11.4. The third-order valence-electron chi connectivity index (χ3n) is 1.81. The zero-order valence-corrected chi connectivity index (χ0v) is 10.2. The molecular formula is C11H11N3O2S. The normalized spacial score (nSPS) is 10.0. The third kappa shape index (κ3) is 3.01. The summed E-state index contributed by atoms with van der Waals surface area (Å²) in [6.45, 7) is 3.71. The molecule has 88 valence electrons. The molecule has 2 aromatic rings. The summed E-state index contributed by atoms with van der Waals surface area (Å²) < 4.78 is 5.19. The summed E-state index contributed by atoms with van der Waals surface area (Å²) >= 11 is 1.27. The molecule has 0 bridgehead atoms. The fraction of sp³-hybridized carbons (Fsp3) is 0.182. The first-order valence-electron chi connectivity index (χ1n) is 4.98. The van der Waals surface area contributed by atoms with Crippen molar-refractivity contribution in [2.75, 3.05) is 5.32 Å². The molecule has 0 aromatic carbocycles. The van der Waals surface area contributed by atoms with Crippen LogP contribution < -0.4 is 5.32 Å². The Morgan fingerprint density at radius 2 is 2.29 bits per heavy atom. The van der Waals surface area contributed by atoms with E-state index in [2.05, 4.69) is 15.5 Å². The van der Waals surface area contributed by atoms with Gasteiger partial charge in [-0.1, -0.05) is 16.9 Å². The van der Waals surface area contributed by atoms with Crippen LogP contribution in [0.25, 0.3) is 10.8 Å². The lowest BCUT2D eigenvalue weighted by Gasteiger charge is -1.94. The van der Waals surface area contributed by atoms with Crippen molar-refractivity contribution in [3.63, 3.8) is 0 Å². The summed E-state index contributed by atoms with van der Waals surface area (Å²) in [6, 6.07) is 3.57. The molecule has 0 aliphatic rings. The monoisotopic (exact) mass is 249 g/mol. The van der Waals surface area contributed by atoms with Gasteiger partial charge in [-0.3, -0.25) is 10.1 Å². The van der Waals surface area contributed by atoms with Crippen LogP contribution in [0.2, 0.25) is 0 Å². The second kappa shape index (κ2) is 4.92. The van der Waals surface area contributed by atoms with Crippen molar-refractivity contribution in [2.45, 2.75) is 13.8 Å². The molecule has 0 unspecified atom stereocenters. The van der Waals surface area contributed by atoms with Gasteiger partial charge in [0.1, 0.15) is 0 Å². The first-order chi connectivity index (χ1) is 8.15. The first-order valence-corrected chi connectivity index (χ1v) is 5.80. The second-order valence-corrected chi connectivity index (χ2v) is 4.58. The van der Waals surface area contributed by atoms with Crippen LogP contribution in [-0.2, 0) is 4.79 Å². The van der Waals surface area contributed by atoms with Crippen LogP contribution in [-0.4, -0.2) is 16.1 Å². The van der Waals surface area contributed by atoms with E-state index in [0.29, 0.717) is 15.9 Å². The molecule has 1 amide bonds. The van der Waals surface area contributed by atoms with Crippen molar-refractivity contribution in [1.82, 2.24) is 10.2 Å². The van der Waals surface area contributed by atoms with Crippen molar-refractivity contribution >= 4 is 22.4 Å². The van der Waals surface area contributed by atoms with Crippen LogP contribution >= 0.6 is 11.3 Å². The van der Waals surface area contributed by atoms with E-state index in [9.17, 15) is 4.79 Å². The summed E-state index contributed by atoms with van der Waals surface area (Å²) in [6.07, 6.45) is 3.08. The number of amides is 1. The number of furan rings is 1. The Morgan fingerprint density at radius 1 is 1.47 bits per heavy atom. The second-order valence-electron chi connectivity index (χ2n) is 3.60. The number of hydrogen-bond donors (Lipinski definition) is 1. The van der Waals surface area contributed by atoms with E-state index >= 15 is 0 Å². The molecule has 0 aliphatic heterocycles. The Morgan fingerprint density at radius 3 is 2.94 bits per heavy atom. The number of rotatable bonds is 3. The predicted molar refractivity (Wildman–Crippen MR) is 65.7 cm³/mol. The minimum Gasteiger partial charge on any atom is -0.462 e. The lowest BCUT2D eigenvalue weighted by molar-refractivity contribution is -0.111. The van der Waals surface area contributed by atoms with Gasteiger partial charge < -0.3 is 4.42 Å². The predicted octanol–water partition coefficient (Wildman–Crippen LogP) is 2.70. The lowest BCUT2D eigenvalue weighted by atomic mass is 10.3. The number of aromatic nitrogens is 2. The zero-order valence-electron chi connectivity index (χ0n) is 9.43. The molecule has 0 radical (unpaired) electrons. The van der Waals surface area contributed by atoms with Gasteiger partial charge in [0.05, 0.1) is 6.26 Å². The fourth-order valence-corrected chi connectivity index (χ4v) is 1.89. The van der Waals surface area contributed by atoms with Gasteiger partial charge in [0, 0.05) is 6.08 Å². The van der Waals surface area contributed by atoms with E-state index in [0.717, 1.165) is 5.57 Å². The van der Waals surface area contributed by atoms with Crippen LogP contribution in [0.1, 0.15) is 13.8 Å². The maximum Gasteiger partial charge on any atom is 0.250 e. The quantitative estimate of drug-likeness (QED) is 0.849. The minimum absolute atomic E-state index is 0.202. The Labute approximate surface area is 102 Å². The van der Waals surface area contributed by atoms with Crippen LogP contribution in [0.3, 0.4) is 0 Å². The van der Waals surface area contributed by atoms with Gasteiger partial charge in [-0.25, -0.2) is 0 Å². The molecule has 0 atom stereocenters. The molecule has 0 aliphatic carbocycles. The van der Waals surface area contributed by atoms with E-state index in [1.807, 2.05) is 13.8 Å². The minimum atomic E-state index is -0.202.